The molecule has 2 rings (SSSR count). The van der Waals surface area contributed by atoms with Gasteiger partial charge in [0.1, 0.15) is 11.8 Å². The average molecular weight is 168 g/mol. The minimum absolute atomic E-state index is 0.571. The van der Waals surface area contributed by atoms with Crippen LogP contribution in [0.5, 0.6) is 0 Å². The van der Waals surface area contributed by atoms with Crippen LogP contribution < -0.4 is 0 Å². The number of benzene rings is 1. The lowest BCUT2D eigenvalue weighted by molar-refractivity contribution is 1.32. The average Bonchev–Trinajstić information content (AvgIpc) is 2.38. The van der Waals surface area contributed by atoms with Crippen LogP contribution in [0.15, 0.2) is 35.5 Å². The van der Waals surface area contributed by atoms with Gasteiger partial charge in [0, 0.05) is 12.6 Å². The van der Waals surface area contributed by atoms with Crippen molar-refractivity contribution >= 4 is 11.8 Å². The molecule has 0 saturated heterocycles. The second-order valence-electron chi connectivity index (χ2n) is 2.88. The third-order valence-corrected chi connectivity index (χ3v) is 2.03. The summed E-state index contributed by atoms with van der Waals surface area (Å²) in [6.45, 7) is 0. The number of hydrogen-bond acceptors (Lipinski definition) is 2. The number of aliphatic imine (C=N–C) groups is 1. The van der Waals surface area contributed by atoms with Gasteiger partial charge in [0.25, 0.3) is 0 Å². The summed E-state index contributed by atoms with van der Waals surface area (Å²) in [6.07, 6.45) is 4.25. The number of nitrogens with zero attached hydrogens (tertiary/aromatic N) is 2. The molecule has 0 N–H and O–H groups in total. The maximum absolute atomic E-state index is 8.73. The van der Waals surface area contributed by atoms with E-state index in [2.05, 4.69) is 11.1 Å². The van der Waals surface area contributed by atoms with Crippen LogP contribution in [0.4, 0.5) is 0 Å². The fraction of sp³-hybridized carbons (Fsp3) is 0.0909. The number of nitriles is 1. The van der Waals surface area contributed by atoms with Crippen LogP contribution in [0.3, 0.4) is 0 Å². The molecule has 13 heavy (non-hydrogen) atoms. The zero-order valence-electron chi connectivity index (χ0n) is 7.07. The van der Waals surface area contributed by atoms with Crippen molar-refractivity contribution in [2.45, 2.75) is 6.42 Å². The van der Waals surface area contributed by atoms with E-state index in [0.29, 0.717) is 12.1 Å². The Bertz CT molecular complexity index is 422. The summed E-state index contributed by atoms with van der Waals surface area (Å²) in [5, 5.41) is 8.73. The van der Waals surface area contributed by atoms with Gasteiger partial charge in [-0.05, 0) is 17.2 Å². The quantitative estimate of drug-likeness (QED) is 0.584. The van der Waals surface area contributed by atoms with Gasteiger partial charge in [-0.1, -0.05) is 24.3 Å². The standard InChI is InChI=1S/C11H8N2/c12-8-11-7-10-4-2-1-3-9(10)5-6-13-11/h1-6H,7H2. The molecule has 1 aromatic rings. The lowest BCUT2D eigenvalue weighted by atomic mass is 10.0. The van der Waals surface area contributed by atoms with Crippen molar-refractivity contribution in [1.82, 2.24) is 0 Å². The first-order valence-corrected chi connectivity index (χ1v) is 4.11. The highest BCUT2D eigenvalue weighted by Crippen LogP contribution is 2.14. The predicted molar refractivity (Wildman–Crippen MR) is 52.2 cm³/mol. The molecule has 0 atom stereocenters. The molecular weight excluding hydrogens is 160 g/mol. The van der Waals surface area contributed by atoms with Crippen molar-refractivity contribution in [3.63, 3.8) is 0 Å². The highest BCUT2D eigenvalue weighted by Gasteiger charge is 2.05. The maximum Gasteiger partial charge on any atom is 0.122 e. The van der Waals surface area contributed by atoms with Gasteiger partial charge < -0.3 is 0 Å². The Hall–Kier alpha value is -1.88. The smallest absolute Gasteiger partial charge is 0.122 e. The summed E-state index contributed by atoms with van der Waals surface area (Å²) in [6, 6.07) is 10.1. The molecule has 0 saturated carbocycles. The zero-order chi connectivity index (χ0) is 9.10. The van der Waals surface area contributed by atoms with Crippen LogP contribution in [-0.4, -0.2) is 5.71 Å². The fourth-order valence-electron chi connectivity index (χ4n) is 1.36. The number of hydrogen-bond donors (Lipinski definition) is 0. The summed E-state index contributed by atoms with van der Waals surface area (Å²) in [4.78, 5) is 4.03. The van der Waals surface area contributed by atoms with E-state index in [0.717, 1.165) is 11.1 Å². The summed E-state index contributed by atoms with van der Waals surface area (Å²) < 4.78 is 0. The normalized spacial score (nSPS) is 13.9. The van der Waals surface area contributed by atoms with Crippen molar-refractivity contribution in [2.24, 2.45) is 4.99 Å². The van der Waals surface area contributed by atoms with E-state index in [9.17, 15) is 0 Å². The molecule has 0 unspecified atom stereocenters. The highest BCUT2D eigenvalue weighted by atomic mass is 14.7. The molecular formula is C11H8N2. The van der Waals surface area contributed by atoms with Crippen molar-refractivity contribution in [3.8, 4) is 6.07 Å². The minimum Gasteiger partial charge on any atom is -0.250 e. The molecule has 0 aliphatic carbocycles. The van der Waals surface area contributed by atoms with E-state index in [1.807, 2.05) is 30.3 Å². The third-order valence-electron chi connectivity index (χ3n) is 2.03. The Morgan fingerprint density at radius 1 is 1.31 bits per heavy atom. The van der Waals surface area contributed by atoms with Crippen LogP contribution >= 0.6 is 0 Å². The van der Waals surface area contributed by atoms with Crippen molar-refractivity contribution in [1.29, 1.82) is 5.26 Å². The molecule has 0 fully saturated rings. The molecule has 1 aromatic carbocycles. The Morgan fingerprint density at radius 2 is 2.15 bits per heavy atom. The van der Waals surface area contributed by atoms with Crippen LogP contribution in [0.1, 0.15) is 11.1 Å². The Kier molecular flexibility index (Phi) is 1.93. The second kappa shape index (κ2) is 3.24. The highest BCUT2D eigenvalue weighted by molar-refractivity contribution is 6.01. The lowest BCUT2D eigenvalue weighted by Gasteiger charge is -2.00. The SMILES string of the molecule is N#CC1=NC=Cc2ccccc2C1. The number of rotatable bonds is 0. The molecule has 1 aliphatic heterocycles. The van der Waals surface area contributed by atoms with E-state index in [1.165, 1.54) is 0 Å². The summed E-state index contributed by atoms with van der Waals surface area (Å²) in [7, 11) is 0. The Balaban J connectivity index is 2.47. The predicted octanol–water partition coefficient (Wildman–Crippen LogP) is 2.18. The zero-order valence-corrected chi connectivity index (χ0v) is 7.07. The van der Waals surface area contributed by atoms with Gasteiger partial charge in [0.05, 0.1) is 0 Å². The maximum atomic E-state index is 8.73. The van der Waals surface area contributed by atoms with E-state index in [4.69, 9.17) is 5.26 Å². The van der Waals surface area contributed by atoms with Crippen LogP contribution in [0.25, 0.3) is 6.08 Å². The molecule has 0 spiro atoms. The summed E-state index contributed by atoms with van der Waals surface area (Å²) >= 11 is 0. The molecule has 2 heteroatoms. The molecule has 0 radical (unpaired) electrons. The minimum atomic E-state index is 0.571. The largest absolute Gasteiger partial charge is 0.250 e. The van der Waals surface area contributed by atoms with Gasteiger partial charge in [-0.25, -0.2) is 4.99 Å². The summed E-state index contributed by atoms with van der Waals surface area (Å²) in [5.74, 6) is 0. The van der Waals surface area contributed by atoms with E-state index in [-0.39, 0.29) is 0 Å². The van der Waals surface area contributed by atoms with Gasteiger partial charge in [0.15, 0.2) is 0 Å². The molecule has 1 heterocycles. The fourth-order valence-corrected chi connectivity index (χ4v) is 1.36. The first-order valence-electron chi connectivity index (χ1n) is 4.11. The molecule has 0 amide bonds. The topological polar surface area (TPSA) is 36.1 Å². The van der Waals surface area contributed by atoms with Crippen molar-refractivity contribution in [3.05, 3.63) is 41.6 Å². The molecule has 2 nitrogen and oxygen atoms in total. The van der Waals surface area contributed by atoms with E-state index < -0.39 is 0 Å². The van der Waals surface area contributed by atoms with Crippen LogP contribution in [0.2, 0.25) is 0 Å². The number of fused-ring (bicyclic) bond motifs is 1. The molecule has 0 bridgehead atoms. The Morgan fingerprint density at radius 3 is 3.00 bits per heavy atom. The van der Waals surface area contributed by atoms with Crippen LogP contribution in [-0.2, 0) is 6.42 Å². The van der Waals surface area contributed by atoms with Crippen LogP contribution in [0, 0.1) is 11.3 Å². The Labute approximate surface area is 76.8 Å². The third kappa shape index (κ3) is 1.50. The van der Waals surface area contributed by atoms with Gasteiger partial charge in [-0.15, -0.1) is 0 Å². The first kappa shape index (κ1) is 7.75. The van der Waals surface area contributed by atoms with Gasteiger partial charge in [0.2, 0.25) is 0 Å². The van der Waals surface area contributed by atoms with Gasteiger partial charge in [-0.2, -0.15) is 5.26 Å². The van der Waals surface area contributed by atoms with E-state index in [1.54, 1.807) is 6.20 Å². The lowest BCUT2D eigenvalue weighted by Crippen LogP contribution is -1.99. The monoisotopic (exact) mass is 168 g/mol. The van der Waals surface area contributed by atoms with Crippen molar-refractivity contribution < 1.29 is 0 Å². The molecule has 1 aliphatic rings. The summed E-state index contributed by atoms with van der Waals surface area (Å²) in [5.41, 5.74) is 2.88. The van der Waals surface area contributed by atoms with Crippen molar-refractivity contribution in [2.75, 3.05) is 0 Å². The molecule has 0 aromatic heterocycles. The van der Waals surface area contributed by atoms with Gasteiger partial charge in [-0.3, -0.25) is 0 Å². The molecule has 62 valence electrons. The van der Waals surface area contributed by atoms with Gasteiger partial charge >= 0.3 is 0 Å². The second-order valence-corrected chi connectivity index (χ2v) is 2.88. The first-order chi connectivity index (χ1) is 6.40. The van der Waals surface area contributed by atoms with E-state index >= 15 is 0 Å².